The van der Waals surface area contributed by atoms with Crippen LogP contribution >= 0.6 is 11.8 Å². The van der Waals surface area contributed by atoms with Crippen molar-refractivity contribution in [3.05, 3.63) is 17.7 Å². The number of hydrogen-bond donors (Lipinski definition) is 2. The summed E-state index contributed by atoms with van der Waals surface area (Å²) in [6.45, 7) is 2.92. The molecule has 0 amide bonds. The summed E-state index contributed by atoms with van der Waals surface area (Å²) in [7, 11) is 0. The summed E-state index contributed by atoms with van der Waals surface area (Å²) in [5.41, 5.74) is 1.24. The van der Waals surface area contributed by atoms with Crippen LogP contribution in [0, 0.1) is 5.92 Å². The Morgan fingerprint density at radius 3 is 2.67 bits per heavy atom. The normalized spacial score (nSPS) is 24.3. The molecule has 4 nitrogen and oxygen atoms in total. The van der Waals surface area contributed by atoms with E-state index in [1.165, 1.54) is 10.5 Å². The van der Waals surface area contributed by atoms with E-state index in [1.807, 2.05) is 0 Å². The average Bonchev–Trinajstić information content (AvgIpc) is 2.92. The fraction of sp³-hybridized carbons (Fsp3) is 0.625. The zero-order valence-electron chi connectivity index (χ0n) is 12.4. The molecule has 1 aromatic carbocycles. The predicted molar refractivity (Wildman–Crippen MR) is 84.3 cm³/mol. The highest BCUT2D eigenvalue weighted by Gasteiger charge is 2.24. The van der Waals surface area contributed by atoms with Crippen LogP contribution < -0.4 is 14.8 Å². The van der Waals surface area contributed by atoms with Crippen molar-refractivity contribution in [2.24, 2.45) is 5.92 Å². The molecule has 3 rings (SSSR count). The van der Waals surface area contributed by atoms with Gasteiger partial charge in [0.05, 0.1) is 6.10 Å². The molecule has 116 valence electrons. The highest BCUT2D eigenvalue weighted by molar-refractivity contribution is 7.98. The number of aliphatic hydroxyl groups excluding tert-OH is 1. The van der Waals surface area contributed by atoms with E-state index >= 15 is 0 Å². The van der Waals surface area contributed by atoms with Crippen molar-refractivity contribution in [2.45, 2.75) is 36.8 Å². The molecule has 1 fully saturated rings. The maximum Gasteiger partial charge on any atom is 0.162 e. The van der Waals surface area contributed by atoms with Crippen LogP contribution in [0.25, 0.3) is 0 Å². The minimum absolute atomic E-state index is 0.127. The predicted octanol–water partition coefficient (Wildman–Crippen LogP) is 2.43. The van der Waals surface area contributed by atoms with Crippen LogP contribution in [0.1, 0.15) is 24.8 Å². The minimum atomic E-state index is -0.127. The molecule has 2 N–H and O–H groups in total. The molecule has 2 aliphatic rings. The van der Waals surface area contributed by atoms with Crippen LogP contribution in [0.3, 0.4) is 0 Å². The summed E-state index contributed by atoms with van der Waals surface area (Å²) in [5, 5.41) is 13.4. The molecular formula is C16H23NO3S. The summed E-state index contributed by atoms with van der Waals surface area (Å²) in [6.07, 6.45) is 5.18. The van der Waals surface area contributed by atoms with E-state index in [4.69, 9.17) is 9.47 Å². The zero-order valence-corrected chi connectivity index (χ0v) is 13.2. The molecule has 0 bridgehead atoms. The molecule has 1 saturated carbocycles. The molecule has 0 spiro atoms. The second-order valence-corrected chi connectivity index (χ2v) is 6.55. The summed E-state index contributed by atoms with van der Waals surface area (Å²) in [4.78, 5) is 1.22. The molecule has 0 saturated heterocycles. The number of aliphatic hydroxyl groups is 1. The number of ether oxygens (including phenoxy) is 2. The van der Waals surface area contributed by atoms with Crippen LogP contribution in [0.2, 0.25) is 0 Å². The Labute approximate surface area is 130 Å². The van der Waals surface area contributed by atoms with Gasteiger partial charge in [0, 0.05) is 18.0 Å². The Kier molecular flexibility index (Phi) is 4.93. The van der Waals surface area contributed by atoms with Gasteiger partial charge in [-0.25, -0.2) is 0 Å². The van der Waals surface area contributed by atoms with Crippen molar-refractivity contribution in [1.29, 1.82) is 0 Å². The lowest BCUT2D eigenvalue weighted by molar-refractivity contribution is 0.131. The van der Waals surface area contributed by atoms with Crippen molar-refractivity contribution in [3.63, 3.8) is 0 Å². The minimum Gasteiger partial charge on any atom is -0.486 e. The second kappa shape index (κ2) is 6.90. The Morgan fingerprint density at radius 1 is 1.24 bits per heavy atom. The van der Waals surface area contributed by atoms with Crippen molar-refractivity contribution < 1.29 is 14.6 Å². The van der Waals surface area contributed by atoms with Gasteiger partial charge >= 0.3 is 0 Å². The number of nitrogens with one attached hydrogen (secondary N) is 1. The number of rotatable bonds is 5. The van der Waals surface area contributed by atoms with Crippen molar-refractivity contribution in [1.82, 2.24) is 5.32 Å². The van der Waals surface area contributed by atoms with Gasteiger partial charge in [-0.3, -0.25) is 0 Å². The molecule has 2 unspecified atom stereocenters. The molecule has 1 aliphatic heterocycles. The lowest BCUT2D eigenvalue weighted by Crippen LogP contribution is -2.27. The number of benzene rings is 1. The fourth-order valence-electron chi connectivity index (χ4n) is 3.09. The quantitative estimate of drug-likeness (QED) is 0.818. The van der Waals surface area contributed by atoms with Gasteiger partial charge in [-0.05, 0) is 42.7 Å². The zero-order chi connectivity index (χ0) is 14.7. The molecule has 5 heteroatoms. The molecule has 0 aromatic heterocycles. The molecular weight excluding hydrogens is 286 g/mol. The van der Waals surface area contributed by atoms with Crippen LogP contribution in [-0.2, 0) is 6.54 Å². The first-order chi connectivity index (χ1) is 10.3. The summed E-state index contributed by atoms with van der Waals surface area (Å²) in [6, 6.07) is 4.15. The summed E-state index contributed by atoms with van der Waals surface area (Å²) >= 11 is 1.73. The first-order valence-electron chi connectivity index (χ1n) is 7.63. The third-order valence-electron chi connectivity index (χ3n) is 4.29. The first kappa shape index (κ1) is 15.0. The van der Waals surface area contributed by atoms with E-state index < -0.39 is 0 Å². The molecule has 1 heterocycles. The lowest BCUT2D eigenvalue weighted by Gasteiger charge is -2.21. The highest BCUT2D eigenvalue weighted by Crippen LogP contribution is 2.36. The van der Waals surface area contributed by atoms with E-state index in [0.29, 0.717) is 19.1 Å². The average molecular weight is 309 g/mol. The Morgan fingerprint density at radius 2 is 2.00 bits per heavy atom. The fourth-order valence-corrected chi connectivity index (χ4v) is 3.71. The van der Waals surface area contributed by atoms with Gasteiger partial charge in [0.25, 0.3) is 0 Å². The maximum absolute atomic E-state index is 9.86. The van der Waals surface area contributed by atoms with E-state index in [1.54, 1.807) is 11.8 Å². The Balaban J connectivity index is 1.63. The number of fused-ring (bicyclic) bond motifs is 1. The topological polar surface area (TPSA) is 50.7 Å². The van der Waals surface area contributed by atoms with Crippen LogP contribution in [0.15, 0.2) is 17.0 Å². The van der Waals surface area contributed by atoms with E-state index in [2.05, 4.69) is 23.7 Å². The van der Waals surface area contributed by atoms with Crippen LogP contribution in [0.5, 0.6) is 11.5 Å². The van der Waals surface area contributed by atoms with E-state index in [9.17, 15) is 5.11 Å². The van der Waals surface area contributed by atoms with Crippen molar-refractivity contribution in [2.75, 3.05) is 26.0 Å². The van der Waals surface area contributed by atoms with E-state index in [0.717, 1.165) is 43.9 Å². The first-order valence-corrected chi connectivity index (χ1v) is 8.85. The summed E-state index contributed by atoms with van der Waals surface area (Å²) < 4.78 is 11.3. The van der Waals surface area contributed by atoms with Crippen LogP contribution in [-0.4, -0.2) is 37.2 Å². The van der Waals surface area contributed by atoms with Gasteiger partial charge in [-0.15, -0.1) is 11.8 Å². The SMILES string of the molecule is CSc1cc2c(cc1CNCC1CCCC1O)OCCO2. The van der Waals surface area contributed by atoms with Gasteiger partial charge in [-0.1, -0.05) is 6.42 Å². The van der Waals surface area contributed by atoms with Gasteiger partial charge in [0.2, 0.25) is 0 Å². The highest BCUT2D eigenvalue weighted by atomic mass is 32.2. The van der Waals surface area contributed by atoms with Gasteiger partial charge in [-0.2, -0.15) is 0 Å². The second-order valence-electron chi connectivity index (χ2n) is 5.70. The maximum atomic E-state index is 9.86. The molecule has 1 aromatic rings. The van der Waals surface area contributed by atoms with Gasteiger partial charge < -0.3 is 19.9 Å². The van der Waals surface area contributed by atoms with Crippen molar-refractivity contribution >= 4 is 11.8 Å². The van der Waals surface area contributed by atoms with Gasteiger partial charge in [0.15, 0.2) is 11.5 Å². The number of thioether (sulfide) groups is 1. The Bertz CT molecular complexity index is 495. The van der Waals surface area contributed by atoms with Gasteiger partial charge in [0.1, 0.15) is 13.2 Å². The standard InChI is InChI=1S/C16H23NO3S/c1-21-16-8-15-14(19-5-6-20-15)7-12(16)10-17-9-11-3-2-4-13(11)18/h7-8,11,13,17-18H,2-6,9-10H2,1H3. The number of hydrogen-bond acceptors (Lipinski definition) is 5. The molecule has 21 heavy (non-hydrogen) atoms. The molecule has 0 radical (unpaired) electrons. The smallest absolute Gasteiger partial charge is 0.162 e. The summed E-state index contributed by atoms with van der Waals surface area (Å²) in [5.74, 6) is 2.09. The van der Waals surface area contributed by atoms with Crippen molar-refractivity contribution in [3.8, 4) is 11.5 Å². The largest absolute Gasteiger partial charge is 0.486 e. The third kappa shape index (κ3) is 3.47. The van der Waals surface area contributed by atoms with E-state index in [-0.39, 0.29) is 6.10 Å². The Hall–Kier alpha value is -0.910. The molecule has 1 aliphatic carbocycles. The monoisotopic (exact) mass is 309 g/mol. The lowest BCUT2D eigenvalue weighted by atomic mass is 10.1. The molecule has 2 atom stereocenters. The van der Waals surface area contributed by atoms with Crippen LogP contribution in [0.4, 0.5) is 0 Å². The third-order valence-corrected chi connectivity index (χ3v) is 5.11.